The summed E-state index contributed by atoms with van der Waals surface area (Å²) in [4.78, 5) is 138. The molecule has 122 heavy (non-hydrogen) atoms. The van der Waals surface area contributed by atoms with Crippen molar-refractivity contribution in [1.82, 2.24) is 53.2 Å². The van der Waals surface area contributed by atoms with Gasteiger partial charge in [0.25, 0.3) is 5.91 Å². The predicted octanol–water partition coefficient (Wildman–Crippen LogP) is 2.52. The minimum atomic E-state index is -2.41. The highest BCUT2D eigenvalue weighted by Crippen LogP contribution is 2.55. The zero-order valence-electron chi connectivity index (χ0n) is 67.9. The van der Waals surface area contributed by atoms with Gasteiger partial charge in [-0.05, 0) is 205 Å². The number of nitrogens with one attached hydrogen (secondary N) is 10. The number of amides is 9. The summed E-state index contributed by atoms with van der Waals surface area (Å²) in [6.45, 7) is 7.74. The van der Waals surface area contributed by atoms with Gasteiger partial charge in [0.1, 0.15) is 102 Å². The van der Waals surface area contributed by atoms with Crippen molar-refractivity contribution in [3.8, 4) is 57.1 Å². The average Bonchev–Trinajstić information content (AvgIpc) is 0.741. The molecule has 0 aromatic heterocycles. The van der Waals surface area contributed by atoms with Gasteiger partial charge in [-0.2, -0.15) is 0 Å². The molecular weight excluding hydrogens is 1630 g/mol. The van der Waals surface area contributed by atoms with Crippen LogP contribution in [0.4, 0.5) is 0 Å². The number of halogens is 2. The molecule has 660 valence electrons. The van der Waals surface area contributed by atoms with Gasteiger partial charge in [-0.15, -0.1) is 0 Å². The molecule has 16 rings (SSSR count). The maximum Gasteiger partial charge on any atom is 0.255 e. The standard InChI is InChI=1S/C84H105Cl2N11O25/c1-34(2)18-50(89-7)76(109)96-66-68(103)40-11-14-54(48(85)25-40)118-56-27-44-28-57(72(56)122-83-73(71(106)70(105)58(33-98)120-83)121-60-32-84(5,87)74(107)35(3)117-60)119-55-15-12-41(26-49(55)86)69(104)67-82(115)95-65(80(113)92-62-42-20-37-19-38(22-42)23-43(62)21-37)47-29-45(99)30-53(101)61(47)46-24-39(10-13-52(46)100)63(78(111)97-67)94-79(112)64(44)93-77(110)51(90-81(66)114)31-59(102)91-75(108)36(4)116-17-9-8-16-88-6/h10-15,24-30,34-38,42-43,50-51,58,60,62-71,73-74,83,88-89,98-101,103-107H,8-9,16-23,31-33,87H2,1-7H3,(H,90,114)(H,92,113)(H,93,110)(H,94,112)(H,95,115)(H,96,109)(H,97,111)(H,91,102,108)/t35-,36?,37?,38?,42?,43?,50+,51-,58+,60-,62?,63+,64+,65-,66+,67-,68+,69+,70+,71-,73+,74+,83-,84-/m0/s1. The number of rotatable bonds is 21. The van der Waals surface area contributed by atoms with Crippen LogP contribution in [0.5, 0.6) is 46.0 Å². The van der Waals surface area contributed by atoms with Crippen LogP contribution in [-0.4, -0.2) is 224 Å². The predicted molar refractivity (Wildman–Crippen MR) is 433 cm³/mol. The van der Waals surface area contributed by atoms with E-state index in [9.17, 15) is 60.3 Å². The van der Waals surface area contributed by atoms with Gasteiger partial charge in [0, 0.05) is 41.8 Å². The fourth-order valence-electron chi connectivity index (χ4n) is 17.9. The SMILES string of the molecule is CNCCCCOC(C)C(=O)NC(=O)C[C@@H]1NC(=O)[C@H](NC(=O)[C@@H](CC(C)C)NC)[C@H](O)c2ccc(c(Cl)c2)Oc2cc3cc(c2O[C@@H]2O[C@H](CO)[C@@H](O)[C@H](O)[C@H]2O[C@H]2C[C@](C)(N)[C@H](O)[C@H](C)O2)Oc2ccc(cc2Cl)[C@@H](O)[C@@H]2NC(=O)[C@H](NC(=O)[C@@H]3NC1=O)c1ccc(O)c(c1)-c1c(O)cc(O)cc1[C@@H](C(=O)NC1C3CC4CC(C3)CC1C4)NC2=O. The molecule has 36 nitrogen and oxygen atoms in total. The highest BCUT2D eigenvalue weighted by Gasteiger charge is 2.53. The second-order valence-corrected chi connectivity index (χ2v) is 34.4. The lowest BCUT2D eigenvalue weighted by Crippen LogP contribution is -2.64. The molecule has 2 saturated heterocycles. The smallest absolute Gasteiger partial charge is 0.255 e. The van der Waals surface area contributed by atoms with E-state index in [-0.39, 0.29) is 93.1 Å². The van der Waals surface area contributed by atoms with Crippen LogP contribution < -0.4 is 73.1 Å². The number of carbonyl (C=O) groups excluding carboxylic acids is 9. The summed E-state index contributed by atoms with van der Waals surface area (Å²) in [6, 6.07) is -0.0816. The van der Waals surface area contributed by atoms with Crippen molar-refractivity contribution >= 4 is 76.4 Å². The number of benzene rings is 5. The average molecular weight is 1740 g/mol. The number of likely N-dealkylation sites (N-methyl/N-ethyl adjacent to an activating group) is 1. The number of aromatic hydroxyl groups is 3. The zero-order valence-corrected chi connectivity index (χ0v) is 69.5. The highest BCUT2D eigenvalue weighted by molar-refractivity contribution is 6.32. The summed E-state index contributed by atoms with van der Waals surface area (Å²) in [7, 11) is 3.23. The van der Waals surface area contributed by atoms with E-state index < -0.39 is 227 Å². The number of hydrogen-bond donors (Lipinski definition) is 20. The first kappa shape index (κ1) is 90.1. The van der Waals surface area contributed by atoms with Crippen molar-refractivity contribution < 1.29 is 122 Å². The molecule has 5 aromatic rings. The molecule has 5 aromatic carbocycles. The van der Waals surface area contributed by atoms with Gasteiger partial charge in [0.05, 0.1) is 41.3 Å². The van der Waals surface area contributed by atoms with E-state index in [2.05, 4.69) is 53.2 Å². The molecule has 0 spiro atoms. The van der Waals surface area contributed by atoms with E-state index in [1.165, 1.54) is 52.1 Å². The quantitative estimate of drug-likeness (QED) is 0.0469. The Morgan fingerprint density at radius 3 is 1.90 bits per heavy atom. The minimum absolute atomic E-state index is 0.0572. The monoisotopic (exact) mass is 1740 g/mol. The van der Waals surface area contributed by atoms with Gasteiger partial charge in [-0.3, -0.25) is 48.5 Å². The normalized spacial score (nSPS) is 31.1. The second kappa shape index (κ2) is 37.8. The summed E-state index contributed by atoms with van der Waals surface area (Å²) >= 11 is 14.5. The van der Waals surface area contributed by atoms with E-state index in [0.29, 0.717) is 31.2 Å². The van der Waals surface area contributed by atoms with Crippen LogP contribution in [0.25, 0.3) is 11.1 Å². The number of nitrogens with two attached hydrogens (primary N) is 1. The van der Waals surface area contributed by atoms with Gasteiger partial charge >= 0.3 is 0 Å². The largest absolute Gasteiger partial charge is 0.508 e. The molecule has 11 aliphatic rings. The van der Waals surface area contributed by atoms with Gasteiger partial charge in [0.15, 0.2) is 23.9 Å². The van der Waals surface area contributed by atoms with Crippen LogP contribution in [0.3, 0.4) is 0 Å². The third-order valence-corrected chi connectivity index (χ3v) is 24.7. The number of carbonyl (C=O) groups is 9. The van der Waals surface area contributed by atoms with Crippen molar-refractivity contribution in [2.45, 2.75) is 220 Å². The highest BCUT2D eigenvalue weighted by atomic mass is 35.5. The Hall–Kier alpha value is -9.61. The van der Waals surface area contributed by atoms with Crippen LogP contribution >= 0.6 is 23.2 Å². The number of hydrogen-bond acceptors (Lipinski definition) is 28. The summed E-state index contributed by atoms with van der Waals surface area (Å²) in [5.74, 6) is -14.6. The molecule has 15 bridgehead atoms. The van der Waals surface area contributed by atoms with Gasteiger partial charge in [-0.1, -0.05) is 55.2 Å². The van der Waals surface area contributed by atoms with E-state index >= 15 is 28.8 Å². The molecule has 6 fully saturated rings. The lowest BCUT2D eigenvalue weighted by molar-refractivity contribution is -0.333. The molecule has 4 aliphatic carbocycles. The van der Waals surface area contributed by atoms with E-state index in [4.69, 9.17) is 62.1 Å². The van der Waals surface area contributed by atoms with Crippen LogP contribution in [0.2, 0.25) is 10.0 Å². The number of fused-ring (bicyclic) bond motifs is 15. The first-order valence-electron chi connectivity index (χ1n) is 40.8. The molecule has 0 radical (unpaired) electrons. The topological polar surface area (TPSA) is 547 Å². The molecule has 19 atom stereocenters. The number of phenols is 3. The van der Waals surface area contributed by atoms with Crippen molar-refractivity contribution in [3.05, 3.63) is 117 Å². The third-order valence-electron chi connectivity index (χ3n) is 24.1. The van der Waals surface area contributed by atoms with E-state index in [1.807, 2.05) is 13.8 Å². The number of aliphatic hydroxyl groups is 6. The Morgan fingerprint density at radius 1 is 0.664 bits per heavy atom. The van der Waals surface area contributed by atoms with Crippen molar-refractivity contribution in [2.24, 2.45) is 35.3 Å². The number of ether oxygens (including phenoxy) is 7. The van der Waals surface area contributed by atoms with Gasteiger partial charge < -0.3 is 133 Å². The first-order chi connectivity index (χ1) is 58.0. The van der Waals surface area contributed by atoms with Crippen LogP contribution in [0.15, 0.2) is 78.9 Å². The minimum Gasteiger partial charge on any atom is -0.508 e. The Bertz CT molecular complexity index is 4770. The molecule has 9 amide bonds. The molecule has 38 heteroatoms. The number of aliphatic hydroxyl groups excluding tert-OH is 6. The molecule has 7 aliphatic heterocycles. The number of unbranched alkanes of at least 4 members (excludes halogenated alkanes) is 1. The zero-order chi connectivity index (χ0) is 87.8. The lowest BCUT2D eigenvalue weighted by Gasteiger charge is -2.54. The first-order valence-corrected chi connectivity index (χ1v) is 41.6. The second-order valence-electron chi connectivity index (χ2n) is 33.6. The Morgan fingerprint density at radius 2 is 1.29 bits per heavy atom. The number of imide groups is 1. The van der Waals surface area contributed by atoms with Crippen molar-refractivity contribution in [1.29, 1.82) is 0 Å². The fraction of sp³-hybridized carbons (Fsp3) is 0.536. The fourth-order valence-corrected chi connectivity index (χ4v) is 18.4. The van der Waals surface area contributed by atoms with Crippen LogP contribution in [0, 0.1) is 29.6 Å². The maximum atomic E-state index is 16.6. The molecule has 21 N–H and O–H groups in total. The summed E-state index contributed by atoms with van der Waals surface area (Å²) in [5, 5.41) is 133. The van der Waals surface area contributed by atoms with E-state index in [0.717, 1.165) is 86.7 Å². The summed E-state index contributed by atoms with van der Waals surface area (Å²) in [5.41, 5.74) is 2.93. The molecule has 1 unspecified atom stereocenters. The number of phenolic OH excluding ortho intramolecular Hbond substituents is 3. The molecule has 4 saturated carbocycles. The lowest BCUT2D eigenvalue weighted by atomic mass is 9.54. The third kappa shape index (κ3) is 19.6. The van der Waals surface area contributed by atoms with Crippen LogP contribution in [0.1, 0.15) is 157 Å². The maximum absolute atomic E-state index is 16.6. The van der Waals surface area contributed by atoms with Gasteiger partial charge in [-0.25, -0.2) is 0 Å². The molecular formula is C84H105Cl2N11O25. The van der Waals surface area contributed by atoms with Crippen molar-refractivity contribution in [3.63, 3.8) is 0 Å². The summed E-state index contributed by atoms with van der Waals surface area (Å²) in [6.07, 6.45) is -14.6. The van der Waals surface area contributed by atoms with Crippen molar-refractivity contribution in [2.75, 3.05) is 33.9 Å². The summed E-state index contributed by atoms with van der Waals surface area (Å²) < 4.78 is 44.8. The Balaban J connectivity index is 1.01. The Kier molecular flexibility index (Phi) is 28.0. The van der Waals surface area contributed by atoms with Gasteiger partial charge in [0.2, 0.25) is 59.3 Å². The molecule has 7 heterocycles. The van der Waals surface area contributed by atoms with E-state index in [1.54, 1.807) is 7.05 Å². The Labute approximate surface area is 711 Å². The van der Waals surface area contributed by atoms with Crippen LogP contribution in [-0.2, 0) is 62.1 Å².